The summed E-state index contributed by atoms with van der Waals surface area (Å²) in [5.41, 5.74) is -0.585. The summed E-state index contributed by atoms with van der Waals surface area (Å²) in [5, 5.41) is 8.29. The van der Waals surface area contributed by atoms with E-state index >= 15 is 0 Å². The lowest BCUT2D eigenvalue weighted by Gasteiger charge is -2.08. The number of aromatic carboxylic acids is 1. The van der Waals surface area contributed by atoms with E-state index in [0.717, 1.165) is 12.1 Å². The van der Waals surface area contributed by atoms with E-state index in [9.17, 15) is 17.6 Å². The Morgan fingerprint density at radius 1 is 1.43 bits per heavy atom. The molecule has 2 aromatic rings. The van der Waals surface area contributed by atoms with Crippen LogP contribution in [-0.2, 0) is 16.4 Å². The molecule has 6 nitrogen and oxygen atoms in total. The first-order chi connectivity index (χ1) is 9.81. The second-order valence-corrected chi connectivity index (χ2v) is 6.68. The highest BCUT2D eigenvalue weighted by Crippen LogP contribution is 2.25. The van der Waals surface area contributed by atoms with Crippen LogP contribution in [0.25, 0.3) is 0 Å². The molecule has 2 rings (SSSR count). The molecule has 0 bridgehead atoms. The number of carbonyl (C=O) groups is 1. The molecule has 0 aliphatic heterocycles. The van der Waals surface area contributed by atoms with Crippen LogP contribution in [-0.4, -0.2) is 34.8 Å². The summed E-state index contributed by atoms with van der Waals surface area (Å²) in [6.07, 6.45) is 4.53. The van der Waals surface area contributed by atoms with Gasteiger partial charge in [-0.2, -0.15) is 0 Å². The Morgan fingerprint density at radius 3 is 2.71 bits per heavy atom. The topological polar surface area (TPSA) is 89.3 Å². The second kappa shape index (κ2) is 5.82. The average molecular weight is 333 g/mol. The van der Waals surface area contributed by atoms with Crippen molar-refractivity contribution in [2.75, 3.05) is 5.75 Å². The standard InChI is InChI=1S/C12H10ClFN2O4S/c13-11-9(12(17)18)5-8(6-10(11)14)21(19,20)4-3-16-2-1-15-7-16/h1-2,5-7H,3-4H2,(H,17,18). The minimum absolute atomic E-state index is 0.120. The summed E-state index contributed by atoms with van der Waals surface area (Å²) in [5.74, 6) is -2.90. The largest absolute Gasteiger partial charge is 0.478 e. The molecule has 0 fully saturated rings. The van der Waals surface area contributed by atoms with Crippen LogP contribution >= 0.6 is 11.6 Å². The highest BCUT2D eigenvalue weighted by molar-refractivity contribution is 7.91. The number of hydrogen-bond acceptors (Lipinski definition) is 4. The van der Waals surface area contributed by atoms with Crippen molar-refractivity contribution in [1.82, 2.24) is 9.55 Å². The fourth-order valence-corrected chi connectivity index (χ4v) is 3.12. The third-order valence-corrected chi connectivity index (χ3v) is 4.83. The van der Waals surface area contributed by atoms with Gasteiger partial charge < -0.3 is 9.67 Å². The van der Waals surface area contributed by atoms with Crippen LogP contribution in [0.3, 0.4) is 0 Å². The summed E-state index contributed by atoms with van der Waals surface area (Å²) in [7, 11) is -3.84. The normalized spacial score (nSPS) is 11.5. The molecule has 0 aliphatic rings. The molecule has 1 N–H and O–H groups in total. The minimum atomic E-state index is -3.84. The lowest BCUT2D eigenvalue weighted by atomic mass is 10.2. The first-order valence-corrected chi connectivity index (χ1v) is 7.75. The predicted molar refractivity (Wildman–Crippen MR) is 72.6 cm³/mol. The number of aryl methyl sites for hydroxylation is 1. The fourth-order valence-electron chi connectivity index (χ4n) is 1.66. The number of carboxylic acids is 1. The van der Waals surface area contributed by atoms with Crippen molar-refractivity contribution in [3.8, 4) is 0 Å². The van der Waals surface area contributed by atoms with Gasteiger partial charge in [-0.15, -0.1) is 0 Å². The van der Waals surface area contributed by atoms with E-state index in [1.807, 2.05) is 0 Å². The third-order valence-electron chi connectivity index (χ3n) is 2.77. The molecule has 0 atom stereocenters. The number of rotatable bonds is 5. The maximum atomic E-state index is 13.6. The summed E-state index contributed by atoms with van der Waals surface area (Å²) in [6, 6.07) is 1.58. The monoisotopic (exact) mass is 332 g/mol. The van der Waals surface area contributed by atoms with E-state index in [-0.39, 0.29) is 12.3 Å². The highest BCUT2D eigenvalue weighted by Gasteiger charge is 2.21. The molecule has 1 aromatic heterocycles. The minimum Gasteiger partial charge on any atom is -0.478 e. The Bertz CT molecular complexity index is 775. The van der Waals surface area contributed by atoms with Gasteiger partial charge in [-0.1, -0.05) is 11.6 Å². The Labute approximate surface area is 124 Å². The Kier molecular flexibility index (Phi) is 4.29. The molecule has 0 spiro atoms. The number of nitrogens with zero attached hydrogens (tertiary/aromatic N) is 2. The van der Waals surface area contributed by atoms with Gasteiger partial charge in [0.15, 0.2) is 9.84 Å². The summed E-state index contributed by atoms with van der Waals surface area (Å²) in [4.78, 5) is 14.3. The van der Waals surface area contributed by atoms with Crippen LogP contribution in [0, 0.1) is 5.82 Å². The van der Waals surface area contributed by atoms with Gasteiger partial charge in [0, 0.05) is 18.9 Å². The molecule has 0 aliphatic carbocycles. The van der Waals surface area contributed by atoms with E-state index in [0.29, 0.717) is 0 Å². The summed E-state index contributed by atoms with van der Waals surface area (Å²) in [6.45, 7) is 0.120. The van der Waals surface area contributed by atoms with Crippen molar-refractivity contribution >= 4 is 27.4 Å². The van der Waals surface area contributed by atoms with E-state index in [1.54, 1.807) is 10.8 Å². The number of hydrogen-bond donors (Lipinski definition) is 1. The predicted octanol–water partition coefficient (Wildman–Crippen LogP) is 1.85. The smallest absolute Gasteiger partial charge is 0.337 e. The van der Waals surface area contributed by atoms with Gasteiger partial charge >= 0.3 is 5.97 Å². The molecule has 1 aromatic carbocycles. The van der Waals surface area contributed by atoms with E-state index < -0.39 is 37.1 Å². The first kappa shape index (κ1) is 15.5. The average Bonchev–Trinajstić information content (AvgIpc) is 2.92. The highest BCUT2D eigenvalue weighted by atomic mass is 35.5. The van der Waals surface area contributed by atoms with Gasteiger partial charge in [-0.3, -0.25) is 0 Å². The van der Waals surface area contributed by atoms with Gasteiger partial charge in [0.1, 0.15) is 5.82 Å². The zero-order valence-corrected chi connectivity index (χ0v) is 12.1. The number of sulfone groups is 1. The number of aromatic nitrogens is 2. The van der Waals surface area contributed by atoms with Crippen LogP contribution in [0.1, 0.15) is 10.4 Å². The first-order valence-electron chi connectivity index (χ1n) is 5.72. The van der Waals surface area contributed by atoms with Crippen LogP contribution in [0.2, 0.25) is 5.02 Å². The van der Waals surface area contributed by atoms with E-state index in [1.165, 1.54) is 12.5 Å². The van der Waals surface area contributed by atoms with Crippen molar-refractivity contribution in [2.45, 2.75) is 11.4 Å². The van der Waals surface area contributed by atoms with Gasteiger partial charge in [0.2, 0.25) is 0 Å². The molecule has 0 saturated carbocycles. The maximum Gasteiger partial charge on any atom is 0.337 e. The molecule has 112 valence electrons. The van der Waals surface area contributed by atoms with Gasteiger partial charge in [0.25, 0.3) is 0 Å². The van der Waals surface area contributed by atoms with Crippen LogP contribution in [0.4, 0.5) is 4.39 Å². The van der Waals surface area contributed by atoms with Crippen LogP contribution < -0.4 is 0 Å². The van der Waals surface area contributed by atoms with Crippen molar-refractivity contribution in [3.63, 3.8) is 0 Å². The van der Waals surface area contributed by atoms with Crippen molar-refractivity contribution in [2.24, 2.45) is 0 Å². The molecular weight excluding hydrogens is 323 g/mol. The van der Waals surface area contributed by atoms with Gasteiger partial charge in [-0.05, 0) is 12.1 Å². The molecule has 0 radical (unpaired) electrons. The zero-order valence-electron chi connectivity index (χ0n) is 10.5. The maximum absolute atomic E-state index is 13.6. The summed E-state index contributed by atoms with van der Waals surface area (Å²) >= 11 is 5.51. The number of carboxylic acid groups (broad SMARTS) is 1. The van der Waals surface area contributed by atoms with E-state index in [4.69, 9.17) is 16.7 Å². The summed E-state index contributed by atoms with van der Waals surface area (Å²) < 4.78 is 39.4. The molecule has 1 heterocycles. The van der Waals surface area contributed by atoms with E-state index in [2.05, 4.69) is 4.98 Å². The van der Waals surface area contributed by atoms with Crippen LogP contribution in [0.5, 0.6) is 0 Å². The third kappa shape index (κ3) is 3.40. The second-order valence-electron chi connectivity index (χ2n) is 4.19. The number of benzene rings is 1. The Balaban J connectivity index is 2.33. The zero-order chi connectivity index (χ0) is 15.6. The lowest BCUT2D eigenvalue weighted by Crippen LogP contribution is -2.14. The Hall–Kier alpha value is -1.93. The molecule has 9 heteroatoms. The molecule has 0 saturated heterocycles. The molecule has 0 unspecified atom stereocenters. The van der Waals surface area contributed by atoms with Crippen molar-refractivity contribution in [3.05, 3.63) is 47.3 Å². The Morgan fingerprint density at radius 2 is 2.14 bits per heavy atom. The quantitative estimate of drug-likeness (QED) is 0.902. The lowest BCUT2D eigenvalue weighted by molar-refractivity contribution is 0.0696. The van der Waals surface area contributed by atoms with Crippen molar-refractivity contribution < 1.29 is 22.7 Å². The molecule has 0 amide bonds. The van der Waals surface area contributed by atoms with Crippen molar-refractivity contribution in [1.29, 1.82) is 0 Å². The fraction of sp³-hybridized carbons (Fsp3) is 0.167. The van der Waals surface area contributed by atoms with Gasteiger partial charge in [-0.25, -0.2) is 22.6 Å². The number of imidazole rings is 1. The SMILES string of the molecule is O=C(O)c1cc(S(=O)(=O)CCn2ccnc2)cc(F)c1Cl. The van der Waals surface area contributed by atoms with Gasteiger partial charge in [0.05, 0.1) is 27.6 Å². The molecule has 21 heavy (non-hydrogen) atoms. The van der Waals surface area contributed by atoms with Crippen LogP contribution in [0.15, 0.2) is 35.7 Å². The molecular formula is C12H10ClFN2O4S. The number of halogens is 2.